The summed E-state index contributed by atoms with van der Waals surface area (Å²) in [5.74, 6) is 0.787. The van der Waals surface area contributed by atoms with Crippen molar-refractivity contribution in [1.29, 1.82) is 0 Å². The van der Waals surface area contributed by atoms with Gasteiger partial charge in [-0.05, 0) is 19.8 Å². The summed E-state index contributed by atoms with van der Waals surface area (Å²) in [6.07, 6.45) is 4.62. The summed E-state index contributed by atoms with van der Waals surface area (Å²) in [7, 11) is 1.36. The van der Waals surface area contributed by atoms with E-state index in [2.05, 4.69) is 29.1 Å². The zero-order chi connectivity index (χ0) is 13.5. The van der Waals surface area contributed by atoms with E-state index < -0.39 is 5.97 Å². The van der Waals surface area contributed by atoms with Crippen molar-refractivity contribution in [2.75, 3.05) is 12.4 Å². The van der Waals surface area contributed by atoms with Gasteiger partial charge in [-0.2, -0.15) is 0 Å². The Morgan fingerprint density at radius 2 is 2.22 bits per heavy atom. The van der Waals surface area contributed by atoms with Crippen LogP contribution in [0.5, 0.6) is 0 Å². The SMILES string of the molecule is CCCC(CC)Nc1nc(C)ncc1C(=O)OC. The molecule has 5 nitrogen and oxygen atoms in total. The molecule has 0 aliphatic rings. The summed E-state index contributed by atoms with van der Waals surface area (Å²) >= 11 is 0. The van der Waals surface area contributed by atoms with E-state index in [0.29, 0.717) is 23.2 Å². The van der Waals surface area contributed by atoms with Crippen LogP contribution in [0.15, 0.2) is 6.20 Å². The van der Waals surface area contributed by atoms with Crippen LogP contribution in [0.25, 0.3) is 0 Å². The van der Waals surface area contributed by atoms with Gasteiger partial charge in [0.25, 0.3) is 0 Å². The summed E-state index contributed by atoms with van der Waals surface area (Å²) in [5, 5.41) is 3.30. The van der Waals surface area contributed by atoms with Crippen molar-refractivity contribution in [3.05, 3.63) is 17.6 Å². The number of hydrogen-bond acceptors (Lipinski definition) is 5. The van der Waals surface area contributed by atoms with Crippen LogP contribution in [0.2, 0.25) is 0 Å². The molecule has 0 aliphatic carbocycles. The molecule has 1 rings (SSSR count). The molecule has 0 amide bonds. The molecule has 1 atom stereocenters. The first-order valence-corrected chi connectivity index (χ1v) is 6.30. The Balaban J connectivity index is 2.97. The van der Waals surface area contributed by atoms with Crippen LogP contribution >= 0.6 is 0 Å². The number of nitrogens with one attached hydrogen (secondary N) is 1. The standard InChI is InChI=1S/C13H21N3O2/c1-5-7-10(6-2)16-12-11(13(17)18-4)8-14-9(3)15-12/h8,10H,5-7H2,1-4H3,(H,14,15,16). The van der Waals surface area contributed by atoms with Crippen LogP contribution in [-0.4, -0.2) is 29.1 Å². The molecule has 18 heavy (non-hydrogen) atoms. The fraction of sp³-hybridized carbons (Fsp3) is 0.615. The second-order valence-corrected chi connectivity index (χ2v) is 4.21. The number of nitrogens with zero attached hydrogens (tertiary/aromatic N) is 2. The number of esters is 1. The molecule has 0 aliphatic heterocycles. The van der Waals surface area contributed by atoms with Crippen molar-refractivity contribution < 1.29 is 9.53 Å². The van der Waals surface area contributed by atoms with Gasteiger partial charge in [-0.15, -0.1) is 0 Å². The number of anilines is 1. The molecular formula is C13H21N3O2. The van der Waals surface area contributed by atoms with Gasteiger partial charge in [0, 0.05) is 12.2 Å². The molecule has 0 radical (unpaired) electrons. The molecule has 1 heterocycles. The van der Waals surface area contributed by atoms with Gasteiger partial charge >= 0.3 is 5.97 Å². The molecule has 1 unspecified atom stereocenters. The number of ether oxygens (including phenoxy) is 1. The predicted octanol–water partition coefficient (Wildman–Crippen LogP) is 2.56. The lowest BCUT2D eigenvalue weighted by molar-refractivity contribution is 0.0601. The Hall–Kier alpha value is -1.65. The third-order valence-electron chi connectivity index (χ3n) is 2.79. The minimum atomic E-state index is -0.413. The second-order valence-electron chi connectivity index (χ2n) is 4.21. The Labute approximate surface area is 108 Å². The number of aromatic nitrogens is 2. The number of hydrogen-bond donors (Lipinski definition) is 1. The quantitative estimate of drug-likeness (QED) is 0.787. The van der Waals surface area contributed by atoms with E-state index in [-0.39, 0.29) is 0 Å². The zero-order valence-corrected chi connectivity index (χ0v) is 11.5. The lowest BCUT2D eigenvalue weighted by atomic mass is 10.1. The van der Waals surface area contributed by atoms with E-state index in [9.17, 15) is 4.79 Å². The van der Waals surface area contributed by atoms with Gasteiger partial charge in [-0.25, -0.2) is 14.8 Å². The normalized spacial score (nSPS) is 12.0. The van der Waals surface area contributed by atoms with E-state index in [1.807, 2.05) is 0 Å². The molecule has 1 aromatic rings. The first kappa shape index (κ1) is 14.4. The minimum absolute atomic E-state index is 0.313. The van der Waals surface area contributed by atoms with Crippen LogP contribution < -0.4 is 5.32 Å². The van der Waals surface area contributed by atoms with Crippen molar-refractivity contribution in [1.82, 2.24) is 9.97 Å². The van der Waals surface area contributed by atoms with Gasteiger partial charge in [0.05, 0.1) is 7.11 Å². The van der Waals surface area contributed by atoms with Gasteiger partial charge in [-0.1, -0.05) is 20.3 Å². The van der Waals surface area contributed by atoms with E-state index >= 15 is 0 Å². The molecule has 0 saturated carbocycles. The highest BCUT2D eigenvalue weighted by molar-refractivity contribution is 5.94. The first-order valence-electron chi connectivity index (χ1n) is 6.30. The molecule has 0 saturated heterocycles. The van der Waals surface area contributed by atoms with E-state index in [1.54, 1.807) is 6.92 Å². The maximum atomic E-state index is 11.6. The highest BCUT2D eigenvalue weighted by Gasteiger charge is 2.16. The summed E-state index contributed by atoms with van der Waals surface area (Å²) in [4.78, 5) is 20.0. The topological polar surface area (TPSA) is 64.1 Å². The smallest absolute Gasteiger partial charge is 0.343 e. The van der Waals surface area contributed by atoms with Crippen LogP contribution in [-0.2, 0) is 4.74 Å². The maximum absolute atomic E-state index is 11.6. The van der Waals surface area contributed by atoms with Gasteiger partial charge in [0.1, 0.15) is 17.2 Å². The monoisotopic (exact) mass is 251 g/mol. The number of carbonyl (C=O) groups is 1. The van der Waals surface area contributed by atoms with Gasteiger partial charge in [0.15, 0.2) is 0 Å². The number of aryl methyl sites for hydroxylation is 1. The number of rotatable bonds is 6. The Morgan fingerprint density at radius 1 is 1.50 bits per heavy atom. The summed E-state index contributed by atoms with van der Waals surface area (Å²) < 4.78 is 4.73. The highest BCUT2D eigenvalue weighted by Crippen LogP contribution is 2.16. The molecule has 100 valence electrons. The van der Waals surface area contributed by atoms with Crippen molar-refractivity contribution in [2.45, 2.75) is 46.1 Å². The van der Waals surface area contributed by atoms with E-state index in [1.165, 1.54) is 13.3 Å². The van der Waals surface area contributed by atoms with Gasteiger partial charge < -0.3 is 10.1 Å². The fourth-order valence-electron chi connectivity index (χ4n) is 1.76. The first-order chi connectivity index (χ1) is 8.62. The van der Waals surface area contributed by atoms with Gasteiger partial charge in [-0.3, -0.25) is 0 Å². The van der Waals surface area contributed by atoms with Crippen LogP contribution in [0, 0.1) is 6.92 Å². The summed E-state index contributed by atoms with van der Waals surface area (Å²) in [5.41, 5.74) is 0.387. The number of methoxy groups -OCH3 is 1. The minimum Gasteiger partial charge on any atom is -0.465 e. The lowest BCUT2D eigenvalue weighted by Crippen LogP contribution is -2.21. The molecule has 1 aromatic heterocycles. The second kappa shape index (κ2) is 6.93. The summed E-state index contributed by atoms with van der Waals surface area (Å²) in [6.45, 7) is 6.04. The van der Waals surface area contributed by atoms with Gasteiger partial charge in [0.2, 0.25) is 0 Å². The molecule has 0 aromatic carbocycles. The Kier molecular flexibility index (Phi) is 5.55. The van der Waals surface area contributed by atoms with Crippen molar-refractivity contribution in [2.24, 2.45) is 0 Å². The number of carbonyl (C=O) groups excluding carboxylic acids is 1. The zero-order valence-electron chi connectivity index (χ0n) is 11.5. The summed E-state index contributed by atoms with van der Waals surface area (Å²) in [6, 6.07) is 0.313. The molecule has 0 spiro atoms. The Morgan fingerprint density at radius 3 is 2.78 bits per heavy atom. The molecular weight excluding hydrogens is 230 g/mol. The average molecular weight is 251 g/mol. The van der Waals surface area contributed by atoms with Crippen LogP contribution in [0.3, 0.4) is 0 Å². The molecule has 0 fully saturated rings. The van der Waals surface area contributed by atoms with Crippen molar-refractivity contribution >= 4 is 11.8 Å². The maximum Gasteiger partial charge on any atom is 0.343 e. The highest BCUT2D eigenvalue weighted by atomic mass is 16.5. The predicted molar refractivity (Wildman–Crippen MR) is 70.7 cm³/mol. The van der Waals surface area contributed by atoms with Crippen LogP contribution in [0.4, 0.5) is 5.82 Å². The molecule has 5 heteroatoms. The third-order valence-corrected chi connectivity index (χ3v) is 2.79. The largest absolute Gasteiger partial charge is 0.465 e. The lowest BCUT2D eigenvalue weighted by Gasteiger charge is -2.18. The van der Waals surface area contributed by atoms with E-state index in [4.69, 9.17) is 4.74 Å². The molecule has 1 N–H and O–H groups in total. The van der Waals surface area contributed by atoms with Crippen LogP contribution in [0.1, 0.15) is 49.3 Å². The van der Waals surface area contributed by atoms with E-state index in [0.717, 1.165) is 19.3 Å². The fourth-order valence-corrected chi connectivity index (χ4v) is 1.76. The third kappa shape index (κ3) is 3.68. The average Bonchev–Trinajstić information content (AvgIpc) is 2.37. The van der Waals surface area contributed by atoms with Crippen molar-refractivity contribution in [3.63, 3.8) is 0 Å². The van der Waals surface area contributed by atoms with Crippen molar-refractivity contribution in [3.8, 4) is 0 Å². The Bertz CT molecular complexity index is 407. The molecule has 0 bridgehead atoms.